The highest BCUT2D eigenvalue weighted by Gasteiger charge is 2.20. The number of halogens is 4. The van der Waals surface area contributed by atoms with E-state index in [1.165, 1.54) is 0 Å². The van der Waals surface area contributed by atoms with Gasteiger partial charge in [0.1, 0.15) is 5.69 Å². The van der Waals surface area contributed by atoms with Crippen molar-refractivity contribution in [2.24, 2.45) is 0 Å². The van der Waals surface area contributed by atoms with Crippen molar-refractivity contribution >= 4 is 15.7 Å². The lowest BCUT2D eigenvalue weighted by atomic mass is 10.3. The Kier molecular flexibility index (Phi) is 4.46. The Hall–Kier alpha value is -1.42. The highest BCUT2D eigenvalue weighted by atomic mass is 32.2. The van der Waals surface area contributed by atoms with Gasteiger partial charge in [-0.15, -0.1) is 0 Å². The van der Waals surface area contributed by atoms with E-state index in [4.69, 9.17) is 0 Å². The van der Waals surface area contributed by atoms with Crippen LogP contribution in [0.4, 0.5) is 23.2 Å². The Morgan fingerprint density at radius 3 is 2.06 bits per heavy atom. The number of sulfonamides is 1. The van der Waals surface area contributed by atoms with E-state index in [0.29, 0.717) is 0 Å². The first-order valence-electron chi connectivity index (χ1n) is 4.63. The second-order valence-electron chi connectivity index (χ2n) is 3.15. The normalized spacial score (nSPS) is 11.6. The third kappa shape index (κ3) is 3.29. The molecule has 102 valence electrons. The van der Waals surface area contributed by atoms with Gasteiger partial charge in [-0.25, -0.2) is 13.1 Å². The minimum absolute atomic E-state index is 0.431. The number of rotatable bonds is 5. The Bertz CT molecular complexity index is 524. The van der Waals surface area contributed by atoms with Gasteiger partial charge in [0.05, 0.1) is 5.75 Å². The van der Waals surface area contributed by atoms with Gasteiger partial charge >= 0.3 is 0 Å². The highest BCUT2D eigenvalue weighted by molar-refractivity contribution is 7.89. The van der Waals surface area contributed by atoms with Crippen LogP contribution < -0.4 is 10.0 Å². The number of anilines is 1. The van der Waals surface area contributed by atoms with Gasteiger partial charge in [0, 0.05) is 6.54 Å². The van der Waals surface area contributed by atoms with Crippen molar-refractivity contribution in [3.05, 3.63) is 23.5 Å². The summed E-state index contributed by atoms with van der Waals surface area (Å²) < 4.78 is 75.5. The van der Waals surface area contributed by atoms with Gasteiger partial charge in [0.2, 0.25) is 21.7 Å². The van der Waals surface area contributed by atoms with Gasteiger partial charge in [-0.2, -0.15) is 22.5 Å². The van der Waals surface area contributed by atoms with E-state index in [0.717, 1.165) is 7.05 Å². The molecule has 0 aliphatic heterocycles. The zero-order valence-electron chi connectivity index (χ0n) is 9.10. The van der Waals surface area contributed by atoms with Crippen LogP contribution in [0.25, 0.3) is 0 Å². The third-order valence-electron chi connectivity index (χ3n) is 1.98. The van der Waals surface area contributed by atoms with E-state index in [1.807, 2.05) is 10.0 Å². The van der Waals surface area contributed by atoms with Crippen molar-refractivity contribution in [3.63, 3.8) is 0 Å². The number of hydrogen-bond donors (Lipinski definition) is 2. The molecule has 1 rings (SSSR count). The first-order valence-corrected chi connectivity index (χ1v) is 6.29. The number of hydrogen-bond acceptors (Lipinski definition) is 4. The molecule has 18 heavy (non-hydrogen) atoms. The minimum atomic E-state index is -3.60. The summed E-state index contributed by atoms with van der Waals surface area (Å²) >= 11 is 0. The Morgan fingerprint density at radius 1 is 1.11 bits per heavy atom. The molecule has 0 fully saturated rings. The number of pyridine rings is 1. The van der Waals surface area contributed by atoms with E-state index >= 15 is 0 Å². The molecule has 0 amide bonds. The van der Waals surface area contributed by atoms with Crippen molar-refractivity contribution in [2.45, 2.75) is 0 Å². The second-order valence-corrected chi connectivity index (χ2v) is 5.19. The van der Waals surface area contributed by atoms with Gasteiger partial charge in [-0.3, -0.25) is 0 Å². The Morgan fingerprint density at radius 2 is 1.61 bits per heavy atom. The van der Waals surface area contributed by atoms with Crippen LogP contribution in [-0.4, -0.2) is 32.7 Å². The fourth-order valence-corrected chi connectivity index (χ4v) is 1.63. The molecule has 10 heteroatoms. The maximum atomic E-state index is 13.1. The molecule has 1 aromatic heterocycles. The molecule has 0 aliphatic carbocycles. The highest BCUT2D eigenvalue weighted by Crippen LogP contribution is 2.21. The van der Waals surface area contributed by atoms with Crippen LogP contribution in [0.15, 0.2) is 0 Å². The monoisotopic (exact) mass is 287 g/mol. The number of nitrogens with zero attached hydrogens (tertiary/aromatic N) is 1. The zero-order valence-corrected chi connectivity index (χ0v) is 9.91. The van der Waals surface area contributed by atoms with E-state index in [1.54, 1.807) is 0 Å². The summed E-state index contributed by atoms with van der Waals surface area (Å²) in [6.45, 7) is -0.431. The molecular weight excluding hydrogens is 278 g/mol. The van der Waals surface area contributed by atoms with Crippen molar-refractivity contribution in [1.82, 2.24) is 9.71 Å². The smallest absolute Gasteiger partial charge is 0.253 e. The van der Waals surface area contributed by atoms with Crippen molar-refractivity contribution in [2.75, 3.05) is 24.7 Å². The molecule has 0 aliphatic rings. The topological polar surface area (TPSA) is 71.1 Å². The average Bonchev–Trinajstić information content (AvgIpc) is 2.31. The maximum Gasteiger partial charge on any atom is 0.253 e. The molecule has 0 radical (unpaired) electrons. The van der Waals surface area contributed by atoms with E-state index in [-0.39, 0.29) is 0 Å². The molecule has 0 bridgehead atoms. The number of nitrogens with one attached hydrogen (secondary N) is 2. The van der Waals surface area contributed by atoms with Crippen molar-refractivity contribution in [3.8, 4) is 0 Å². The van der Waals surface area contributed by atoms with Gasteiger partial charge in [0.25, 0.3) is 11.9 Å². The lowest BCUT2D eigenvalue weighted by molar-refractivity contribution is 0.411. The SMILES string of the molecule is CNS(=O)(=O)CCNc1c(F)c(F)nc(F)c1F. The Labute approximate surface area is 100 Å². The van der Waals surface area contributed by atoms with Crippen molar-refractivity contribution in [1.29, 1.82) is 0 Å². The van der Waals surface area contributed by atoms with E-state index < -0.39 is 51.5 Å². The molecule has 0 aromatic carbocycles. The third-order valence-corrected chi connectivity index (χ3v) is 3.34. The molecule has 5 nitrogen and oxygen atoms in total. The van der Waals surface area contributed by atoms with Crippen LogP contribution in [0.2, 0.25) is 0 Å². The summed E-state index contributed by atoms with van der Waals surface area (Å²) in [5.41, 5.74) is -1.09. The molecule has 0 saturated heterocycles. The lowest BCUT2D eigenvalue weighted by Crippen LogP contribution is -2.26. The van der Waals surface area contributed by atoms with Gasteiger partial charge in [-0.1, -0.05) is 0 Å². The first-order chi connectivity index (χ1) is 8.28. The molecule has 0 unspecified atom stereocenters. The fourth-order valence-electron chi connectivity index (χ4n) is 1.05. The maximum absolute atomic E-state index is 13.1. The lowest BCUT2D eigenvalue weighted by Gasteiger charge is -2.09. The summed E-state index contributed by atoms with van der Waals surface area (Å²) in [7, 11) is -2.44. The van der Waals surface area contributed by atoms with Crippen LogP contribution in [0.1, 0.15) is 0 Å². The summed E-state index contributed by atoms with van der Waals surface area (Å²) in [6, 6.07) is 0. The average molecular weight is 287 g/mol. The van der Waals surface area contributed by atoms with Gasteiger partial charge in [-0.05, 0) is 7.05 Å². The fraction of sp³-hybridized carbons (Fsp3) is 0.375. The molecule has 0 saturated carbocycles. The summed E-state index contributed by atoms with van der Waals surface area (Å²) in [4.78, 5) is 2.35. The minimum Gasteiger partial charge on any atom is -0.379 e. The van der Waals surface area contributed by atoms with Gasteiger partial charge < -0.3 is 5.32 Å². The van der Waals surface area contributed by atoms with Crippen molar-refractivity contribution < 1.29 is 26.0 Å². The van der Waals surface area contributed by atoms with Crippen LogP contribution >= 0.6 is 0 Å². The largest absolute Gasteiger partial charge is 0.379 e. The summed E-state index contributed by atoms with van der Waals surface area (Å²) in [5, 5.41) is 1.96. The Balaban J connectivity index is 2.86. The molecule has 0 spiro atoms. The summed E-state index contributed by atoms with van der Waals surface area (Å²) in [5.74, 6) is -7.57. The van der Waals surface area contributed by atoms with Crippen LogP contribution in [0, 0.1) is 23.5 Å². The standard InChI is InChI=1S/C8H9F4N3O2S/c1-13-18(16,17)3-2-14-6-4(9)7(11)15-8(12)5(6)10/h13H,2-3H2,1H3,(H,14,15). The quantitative estimate of drug-likeness (QED) is 0.614. The number of aromatic nitrogens is 1. The molecule has 2 N–H and O–H groups in total. The second kappa shape index (κ2) is 5.48. The molecule has 1 aromatic rings. The van der Waals surface area contributed by atoms with E-state index in [2.05, 4.69) is 4.98 Å². The van der Waals surface area contributed by atoms with Crippen LogP contribution in [0.3, 0.4) is 0 Å². The van der Waals surface area contributed by atoms with Crippen LogP contribution in [-0.2, 0) is 10.0 Å². The molecule has 1 heterocycles. The first kappa shape index (κ1) is 14.6. The van der Waals surface area contributed by atoms with Crippen LogP contribution in [0.5, 0.6) is 0 Å². The molecule has 0 atom stereocenters. The summed E-state index contributed by atoms with van der Waals surface area (Å²) in [6.07, 6.45) is 0. The zero-order chi connectivity index (χ0) is 13.9. The molecular formula is C8H9F4N3O2S. The predicted molar refractivity (Wildman–Crippen MR) is 55.4 cm³/mol. The van der Waals surface area contributed by atoms with E-state index in [9.17, 15) is 26.0 Å². The van der Waals surface area contributed by atoms with Gasteiger partial charge in [0.15, 0.2) is 0 Å². The predicted octanol–water partition coefficient (Wildman–Crippen LogP) is 0.599.